The summed E-state index contributed by atoms with van der Waals surface area (Å²) in [6.07, 6.45) is 0. The molecular formula is C58H41N5. The largest absolute Gasteiger partial charge is 0.310 e. The van der Waals surface area contributed by atoms with Crippen molar-refractivity contribution >= 4 is 66.7 Å². The summed E-state index contributed by atoms with van der Waals surface area (Å²) in [4.78, 5) is 7.56. The van der Waals surface area contributed by atoms with Crippen LogP contribution in [0.1, 0.15) is 25.0 Å². The predicted octanol–water partition coefficient (Wildman–Crippen LogP) is 15.0. The van der Waals surface area contributed by atoms with Gasteiger partial charge in [0.2, 0.25) is 5.78 Å². The average molecular weight is 808 g/mol. The SMILES string of the molecule is CC1(C)c2ccccc2-c2ccc(N(c3ccccc3)c3ccc4c5ccc(-c6ccc7c(c6)n6c8ccccc8nc6n7-c6ccccc6)cc5n(-c5ccccc5)c4c3)cc21. The Morgan fingerprint density at radius 2 is 0.968 bits per heavy atom. The van der Waals surface area contributed by atoms with E-state index in [0.29, 0.717) is 0 Å². The van der Waals surface area contributed by atoms with Crippen LogP contribution in [0.15, 0.2) is 212 Å². The number of benzene rings is 9. The number of hydrogen-bond acceptors (Lipinski definition) is 2. The van der Waals surface area contributed by atoms with Crippen LogP contribution >= 0.6 is 0 Å². The van der Waals surface area contributed by atoms with E-state index in [2.05, 4.69) is 245 Å². The Morgan fingerprint density at radius 3 is 1.75 bits per heavy atom. The van der Waals surface area contributed by atoms with Gasteiger partial charge >= 0.3 is 0 Å². The minimum Gasteiger partial charge on any atom is -0.310 e. The molecule has 0 bridgehead atoms. The fourth-order valence-electron chi connectivity index (χ4n) is 10.4. The lowest BCUT2D eigenvalue weighted by molar-refractivity contribution is 0.660. The third-order valence-corrected chi connectivity index (χ3v) is 13.4. The lowest BCUT2D eigenvalue weighted by atomic mass is 9.82. The molecule has 1 aliphatic rings. The van der Waals surface area contributed by atoms with Crippen molar-refractivity contribution in [1.82, 2.24) is 18.5 Å². The van der Waals surface area contributed by atoms with Crippen LogP contribution in [0, 0.1) is 0 Å². The Kier molecular flexibility index (Phi) is 7.58. The van der Waals surface area contributed by atoms with E-state index in [4.69, 9.17) is 4.98 Å². The fraction of sp³-hybridized carbons (Fsp3) is 0.0517. The molecule has 12 aromatic rings. The Hall–Kier alpha value is -8.15. The topological polar surface area (TPSA) is 30.4 Å². The van der Waals surface area contributed by atoms with Crippen LogP contribution in [-0.4, -0.2) is 18.5 Å². The van der Waals surface area contributed by atoms with E-state index in [1.54, 1.807) is 0 Å². The Bertz CT molecular complexity index is 3760. The van der Waals surface area contributed by atoms with Crippen molar-refractivity contribution in [3.05, 3.63) is 223 Å². The summed E-state index contributed by atoms with van der Waals surface area (Å²) in [7, 11) is 0. The molecule has 3 aromatic heterocycles. The predicted molar refractivity (Wildman–Crippen MR) is 262 cm³/mol. The summed E-state index contributed by atoms with van der Waals surface area (Å²) in [5.41, 5.74) is 19.8. The first-order chi connectivity index (χ1) is 31.0. The maximum absolute atomic E-state index is 5.15. The minimum absolute atomic E-state index is 0.110. The molecule has 298 valence electrons. The van der Waals surface area contributed by atoms with E-state index in [1.165, 1.54) is 33.0 Å². The zero-order valence-corrected chi connectivity index (χ0v) is 34.9. The van der Waals surface area contributed by atoms with Crippen molar-refractivity contribution in [3.63, 3.8) is 0 Å². The number of para-hydroxylation sites is 5. The third kappa shape index (κ3) is 5.26. The molecule has 0 N–H and O–H groups in total. The van der Waals surface area contributed by atoms with Gasteiger partial charge in [0.25, 0.3) is 0 Å². The summed E-state index contributed by atoms with van der Waals surface area (Å²) in [5.74, 6) is 0.906. The molecule has 5 heteroatoms. The maximum atomic E-state index is 5.15. The molecule has 1 aliphatic carbocycles. The van der Waals surface area contributed by atoms with Crippen molar-refractivity contribution in [1.29, 1.82) is 0 Å². The lowest BCUT2D eigenvalue weighted by Gasteiger charge is -2.28. The highest BCUT2D eigenvalue weighted by molar-refractivity contribution is 6.11. The molecule has 9 aromatic carbocycles. The zero-order valence-electron chi connectivity index (χ0n) is 34.9. The quantitative estimate of drug-likeness (QED) is 0.168. The number of hydrogen-bond donors (Lipinski definition) is 0. The number of fused-ring (bicyclic) bond motifs is 11. The van der Waals surface area contributed by atoms with E-state index < -0.39 is 0 Å². The molecule has 0 radical (unpaired) electrons. The number of rotatable bonds is 6. The summed E-state index contributed by atoms with van der Waals surface area (Å²) in [6.45, 7) is 4.71. The van der Waals surface area contributed by atoms with Crippen LogP contribution in [0.3, 0.4) is 0 Å². The first kappa shape index (κ1) is 35.6. The maximum Gasteiger partial charge on any atom is 0.220 e. The number of anilines is 3. The third-order valence-electron chi connectivity index (χ3n) is 13.4. The van der Waals surface area contributed by atoms with Crippen LogP contribution < -0.4 is 4.90 Å². The first-order valence-electron chi connectivity index (χ1n) is 21.7. The van der Waals surface area contributed by atoms with Crippen LogP contribution in [0.4, 0.5) is 17.1 Å². The molecule has 63 heavy (non-hydrogen) atoms. The molecule has 3 heterocycles. The Labute approximate surface area is 365 Å². The van der Waals surface area contributed by atoms with Gasteiger partial charge in [-0.2, -0.15) is 0 Å². The molecule has 0 saturated heterocycles. The molecular weight excluding hydrogens is 767 g/mol. The standard InChI is InChI=1S/C58H41N5/c1-58(2)49-23-13-12-22-45(49)46-31-28-43(36-50(46)58)60(40-16-6-3-7-17-40)44-29-32-48-47-30-26-38(34-54(47)61(55(48)37-44)41-18-8-4-9-19-41)39-27-33-53-56(35-39)63-52-25-15-14-24-51(52)59-57(63)62(53)42-20-10-5-11-21-42/h3-37H,1-2H3. The zero-order chi connectivity index (χ0) is 41.8. The van der Waals surface area contributed by atoms with E-state index in [9.17, 15) is 0 Å². The molecule has 0 saturated carbocycles. The van der Waals surface area contributed by atoms with Crippen molar-refractivity contribution < 1.29 is 0 Å². The van der Waals surface area contributed by atoms with E-state index in [-0.39, 0.29) is 5.41 Å². The molecule has 13 rings (SSSR count). The van der Waals surface area contributed by atoms with Crippen molar-refractivity contribution in [2.45, 2.75) is 19.3 Å². The second kappa shape index (κ2) is 13.4. The van der Waals surface area contributed by atoms with Gasteiger partial charge in [-0.15, -0.1) is 0 Å². The molecule has 0 unspecified atom stereocenters. The van der Waals surface area contributed by atoms with Gasteiger partial charge in [-0.05, 0) is 124 Å². The van der Waals surface area contributed by atoms with Crippen LogP contribution in [0.5, 0.6) is 0 Å². The normalized spacial score (nSPS) is 13.0. The van der Waals surface area contributed by atoms with Gasteiger partial charge in [0.1, 0.15) is 0 Å². The fourth-order valence-corrected chi connectivity index (χ4v) is 10.4. The van der Waals surface area contributed by atoms with Gasteiger partial charge in [-0.1, -0.05) is 135 Å². The molecule has 0 amide bonds. The van der Waals surface area contributed by atoms with Gasteiger partial charge in [0.05, 0.1) is 33.1 Å². The Balaban J connectivity index is 1.00. The Morgan fingerprint density at radius 1 is 0.397 bits per heavy atom. The van der Waals surface area contributed by atoms with Crippen LogP contribution in [-0.2, 0) is 5.41 Å². The molecule has 0 aliphatic heterocycles. The smallest absolute Gasteiger partial charge is 0.220 e. The lowest BCUT2D eigenvalue weighted by Crippen LogP contribution is -2.16. The first-order valence-corrected chi connectivity index (χ1v) is 21.7. The molecule has 0 atom stereocenters. The second-order valence-corrected chi connectivity index (χ2v) is 17.3. The van der Waals surface area contributed by atoms with Gasteiger partial charge in [-0.25, -0.2) is 4.98 Å². The van der Waals surface area contributed by atoms with Crippen molar-refractivity contribution in [2.24, 2.45) is 0 Å². The summed E-state index contributed by atoms with van der Waals surface area (Å²) < 4.78 is 7.02. The average Bonchev–Trinajstić information content (AvgIpc) is 4.04. The number of aromatic nitrogens is 4. The van der Waals surface area contributed by atoms with Crippen LogP contribution in [0.2, 0.25) is 0 Å². The van der Waals surface area contributed by atoms with Gasteiger partial charge in [0.15, 0.2) is 0 Å². The highest BCUT2D eigenvalue weighted by atomic mass is 15.2. The van der Waals surface area contributed by atoms with Gasteiger partial charge in [0, 0.05) is 44.6 Å². The monoisotopic (exact) mass is 807 g/mol. The molecule has 0 spiro atoms. The number of nitrogens with zero attached hydrogens (tertiary/aromatic N) is 5. The highest BCUT2D eigenvalue weighted by Gasteiger charge is 2.36. The summed E-state index contributed by atoms with van der Waals surface area (Å²) >= 11 is 0. The second-order valence-electron chi connectivity index (χ2n) is 17.3. The van der Waals surface area contributed by atoms with E-state index >= 15 is 0 Å². The highest BCUT2D eigenvalue weighted by Crippen LogP contribution is 2.51. The minimum atomic E-state index is -0.110. The summed E-state index contributed by atoms with van der Waals surface area (Å²) in [5, 5.41) is 2.43. The van der Waals surface area contributed by atoms with E-state index in [1.807, 2.05) is 0 Å². The van der Waals surface area contributed by atoms with Crippen molar-refractivity contribution in [2.75, 3.05) is 4.90 Å². The van der Waals surface area contributed by atoms with Crippen molar-refractivity contribution in [3.8, 4) is 33.6 Å². The van der Waals surface area contributed by atoms with Crippen LogP contribution in [0.25, 0.3) is 83.3 Å². The van der Waals surface area contributed by atoms with Gasteiger partial charge in [-0.3, -0.25) is 8.97 Å². The molecule has 0 fully saturated rings. The van der Waals surface area contributed by atoms with E-state index in [0.717, 1.165) is 78.4 Å². The summed E-state index contributed by atoms with van der Waals surface area (Å²) in [6, 6.07) is 77.2. The number of imidazole rings is 2. The molecule has 5 nitrogen and oxygen atoms in total. The van der Waals surface area contributed by atoms with Gasteiger partial charge < -0.3 is 9.47 Å².